The molecule has 0 aromatic heterocycles. The Bertz CT molecular complexity index is 836. The molecule has 0 fully saturated rings. The Morgan fingerprint density at radius 2 is 1.70 bits per heavy atom. The van der Waals surface area contributed by atoms with Crippen LogP contribution in [-0.4, -0.2) is 31.4 Å². The third kappa shape index (κ3) is 6.27. The molecule has 0 aliphatic heterocycles. The number of carbonyl (C=O) groups is 3. The van der Waals surface area contributed by atoms with E-state index in [1.807, 2.05) is 0 Å². The van der Waals surface area contributed by atoms with Crippen LogP contribution in [0.2, 0.25) is 10.0 Å². The molecule has 8 heteroatoms. The van der Waals surface area contributed by atoms with Gasteiger partial charge in [0.05, 0.1) is 29.3 Å². The van der Waals surface area contributed by atoms with E-state index in [-0.39, 0.29) is 23.6 Å². The molecule has 0 aliphatic carbocycles. The van der Waals surface area contributed by atoms with Crippen LogP contribution in [0.5, 0.6) is 5.75 Å². The van der Waals surface area contributed by atoms with Crippen molar-refractivity contribution in [1.29, 1.82) is 0 Å². The van der Waals surface area contributed by atoms with Gasteiger partial charge in [-0.05, 0) is 36.4 Å². The second kappa shape index (κ2) is 9.94. The lowest BCUT2D eigenvalue weighted by molar-refractivity contribution is -0.143. The van der Waals surface area contributed by atoms with E-state index >= 15 is 0 Å². The molecule has 2 rings (SSSR count). The summed E-state index contributed by atoms with van der Waals surface area (Å²) in [4.78, 5) is 35.6. The van der Waals surface area contributed by atoms with Crippen LogP contribution in [0, 0.1) is 0 Å². The van der Waals surface area contributed by atoms with Gasteiger partial charge in [-0.1, -0.05) is 29.3 Å². The van der Waals surface area contributed by atoms with E-state index in [4.69, 9.17) is 32.7 Å². The summed E-state index contributed by atoms with van der Waals surface area (Å²) in [7, 11) is 1.52. The van der Waals surface area contributed by atoms with Gasteiger partial charge >= 0.3 is 5.97 Å². The van der Waals surface area contributed by atoms with Crippen LogP contribution < -0.4 is 10.1 Å². The number of esters is 1. The normalized spacial score (nSPS) is 10.2. The van der Waals surface area contributed by atoms with Crippen molar-refractivity contribution in [2.45, 2.75) is 12.8 Å². The Morgan fingerprint density at radius 3 is 2.37 bits per heavy atom. The molecule has 0 radical (unpaired) electrons. The van der Waals surface area contributed by atoms with Crippen LogP contribution in [0.15, 0.2) is 42.5 Å². The lowest BCUT2D eigenvalue weighted by Gasteiger charge is -2.08. The summed E-state index contributed by atoms with van der Waals surface area (Å²) in [5, 5.41) is 3.10. The van der Waals surface area contributed by atoms with Gasteiger partial charge in [0, 0.05) is 12.0 Å². The fourth-order valence-electron chi connectivity index (χ4n) is 2.11. The van der Waals surface area contributed by atoms with E-state index in [1.165, 1.54) is 7.11 Å². The number of anilines is 1. The number of methoxy groups -OCH3 is 1. The highest BCUT2D eigenvalue weighted by Crippen LogP contribution is 2.29. The van der Waals surface area contributed by atoms with Gasteiger partial charge in [-0.15, -0.1) is 0 Å². The van der Waals surface area contributed by atoms with Gasteiger partial charge in [-0.3, -0.25) is 14.4 Å². The summed E-state index contributed by atoms with van der Waals surface area (Å²) in [6.45, 7) is -0.396. The second-order valence-corrected chi connectivity index (χ2v) is 6.25. The zero-order valence-electron chi connectivity index (χ0n) is 14.5. The van der Waals surface area contributed by atoms with Crippen molar-refractivity contribution in [3.63, 3.8) is 0 Å². The van der Waals surface area contributed by atoms with Crippen molar-refractivity contribution in [3.8, 4) is 5.75 Å². The highest BCUT2D eigenvalue weighted by Gasteiger charge is 2.13. The summed E-state index contributed by atoms with van der Waals surface area (Å²) >= 11 is 11.8. The molecule has 0 aliphatic rings. The molecule has 0 spiro atoms. The molecule has 0 unspecified atom stereocenters. The van der Waals surface area contributed by atoms with E-state index in [0.29, 0.717) is 22.0 Å². The zero-order valence-corrected chi connectivity index (χ0v) is 16.0. The Labute approximate surface area is 166 Å². The third-order valence-electron chi connectivity index (χ3n) is 3.56. The number of rotatable bonds is 8. The molecule has 1 amide bonds. The van der Waals surface area contributed by atoms with Crippen molar-refractivity contribution >= 4 is 46.5 Å². The predicted octanol–water partition coefficient (Wildman–Crippen LogP) is 4.15. The lowest BCUT2D eigenvalue weighted by Crippen LogP contribution is -2.17. The van der Waals surface area contributed by atoms with Gasteiger partial charge in [-0.2, -0.15) is 0 Å². The highest BCUT2D eigenvalue weighted by molar-refractivity contribution is 6.43. The molecule has 27 heavy (non-hydrogen) atoms. The molecule has 0 bridgehead atoms. The number of Topliss-reactive ketones (excluding diaryl/α,β-unsaturated/α-hetero) is 1. The number of halogens is 2. The fourth-order valence-corrected chi connectivity index (χ4v) is 2.45. The van der Waals surface area contributed by atoms with Gasteiger partial charge < -0.3 is 14.8 Å². The summed E-state index contributed by atoms with van der Waals surface area (Å²) in [5.41, 5.74) is 0.758. The first-order valence-electron chi connectivity index (χ1n) is 7.97. The monoisotopic (exact) mass is 409 g/mol. The number of hydrogen-bond acceptors (Lipinski definition) is 5. The first-order valence-corrected chi connectivity index (χ1v) is 8.73. The van der Waals surface area contributed by atoms with E-state index in [9.17, 15) is 14.4 Å². The topological polar surface area (TPSA) is 81.7 Å². The number of amides is 1. The zero-order chi connectivity index (χ0) is 19.8. The predicted molar refractivity (Wildman–Crippen MR) is 103 cm³/mol. The van der Waals surface area contributed by atoms with Crippen molar-refractivity contribution in [2.75, 3.05) is 19.0 Å². The average molecular weight is 410 g/mol. The molecule has 2 aromatic carbocycles. The summed E-state index contributed by atoms with van der Waals surface area (Å²) in [5.74, 6) is -0.794. The van der Waals surface area contributed by atoms with Crippen LogP contribution in [0.1, 0.15) is 23.2 Å². The Kier molecular flexibility index (Phi) is 7.64. The minimum Gasteiger partial charge on any atom is -0.497 e. The number of benzene rings is 2. The van der Waals surface area contributed by atoms with Crippen molar-refractivity contribution < 1.29 is 23.9 Å². The molecule has 0 atom stereocenters. The quantitative estimate of drug-likeness (QED) is 0.523. The molecule has 0 heterocycles. The van der Waals surface area contributed by atoms with Crippen molar-refractivity contribution in [1.82, 2.24) is 0 Å². The number of ether oxygens (including phenoxy) is 2. The standard InChI is InChI=1S/C19H17Cl2NO5/c1-26-13-7-5-12(6-8-13)16(23)11-27-18(25)10-9-17(24)22-15-4-2-3-14(20)19(15)21/h2-8H,9-11H2,1H3,(H,22,24). The van der Waals surface area contributed by atoms with Gasteiger partial charge in [0.25, 0.3) is 0 Å². The molecule has 0 saturated heterocycles. The molecule has 6 nitrogen and oxygen atoms in total. The van der Waals surface area contributed by atoms with E-state index in [2.05, 4.69) is 5.32 Å². The first-order chi connectivity index (χ1) is 12.9. The van der Waals surface area contributed by atoms with Crippen molar-refractivity contribution in [3.05, 3.63) is 58.1 Å². The first kappa shape index (κ1) is 20.7. The summed E-state index contributed by atoms with van der Waals surface area (Å²) < 4.78 is 9.92. The molecule has 1 N–H and O–H groups in total. The molecular formula is C19H17Cl2NO5. The molecular weight excluding hydrogens is 393 g/mol. The Hall–Kier alpha value is -2.57. The van der Waals surface area contributed by atoms with Crippen LogP contribution in [0.4, 0.5) is 5.69 Å². The summed E-state index contributed by atoms with van der Waals surface area (Å²) in [6.07, 6.45) is -0.279. The Balaban J connectivity index is 1.75. The smallest absolute Gasteiger partial charge is 0.306 e. The Morgan fingerprint density at radius 1 is 1.00 bits per heavy atom. The van der Waals surface area contributed by atoms with Gasteiger partial charge in [0.15, 0.2) is 12.4 Å². The maximum atomic E-state index is 12.0. The number of ketones is 1. The van der Waals surface area contributed by atoms with Crippen LogP contribution in [0.3, 0.4) is 0 Å². The summed E-state index contributed by atoms with van der Waals surface area (Å²) in [6, 6.07) is 11.3. The lowest BCUT2D eigenvalue weighted by atomic mass is 10.1. The maximum Gasteiger partial charge on any atom is 0.306 e. The fraction of sp³-hybridized carbons (Fsp3) is 0.211. The largest absolute Gasteiger partial charge is 0.497 e. The van der Waals surface area contributed by atoms with Crippen LogP contribution in [-0.2, 0) is 14.3 Å². The average Bonchev–Trinajstić information content (AvgIpc) is 2.68. The van der Waals surface area contributed by atoms with Gasteiger partial charge in [-0.25, -0.2) is 0 Å². The molecule has 142 valence electrons. The van der Waals surface area contributed by atoms with E-state index in [1.54, 1.807) is 42.5 Å². The second-order valence-electron chi connectivity index (χ2n) is 5.46. The van der Waals surface area contributed by atoms with E-state index in [0.717, 1.165) is 0 Å². The number of carbonyl (C=O) groups excluding carboxylic acids is 3. The van der Waals surface area contributed by atoms with Crippen LogP contribution in [0.25, 0.3) is 0 Å². The van der Waals surface area contributed by atoms with Gasteiger partial charge in [0.1, 0.15) is 5.75 Å². The minimum absolute atomic E-state index is 0.113. The van der Waals surface area contributed by atoms with Crippen LogP contribution >= 0.6 is 23.2 Å². The van der Waals surface area contributed by atoms with Crippen molar-refractivity contribution in [2.24, 2.45) is 0 Å². The number of nitrogens with one attached hydrogen (secondary N) is 1. The SMILES string of the molecule is COc1ccc(C(=O)COC(=O)CCC(=O)Nc2cccc(Cl)c2Cl)cc1. The molecule has 2 aromatic rings. The highest BCUT2D eigenvalue weighted by atomic mass is 35.5. The molecule has 0 saturated carbocycles. The third-order valence-corrected chi connectivity index (χ3v) is 4.38. The number of hydrogen-bond donors (Lipinski definition) is 1. The maximum absolute atomic E-state index is 12.0. The minimum atomic E-state index is -0.649. The van der Waals surface area contributed by atoms with Gasteiger partial charge in [0.2, 0.25) is 5.91 Å². The van der Waals surface area contributed by atoms with E-state index < -0.39 is 18.5 Å².